The van der Waals surface area contributed by atoms with Gasteiger partial charge in [0.2, 0.25) is 5.91 Å². The molecule has 0 saturated carbocycles. The number of non-ortho nitro benzene ring substituents is 1. The van der Waals surface area contributed by atoms with Crippen LogP contribution in [0, 0.1) is 10.1 Å². The van der Waals surface area contributed by atoms with Gasteiger partial charge in [-0.25, -0.2) is 0 Å². The number of benzene rings is 2. The standard InChI is InChI=1S/C19H22BrN3O4/c1-22(11-9-14-3-5-15(20)6-4-14)12-10-19(24)21-17-8-7-16(23(25)26)13-18(17)27-2/h3-8,13H,9-12H2,1-2H3,(H,21,24). The summed E-state index contributed by atoms with van der Waals surface area (Å²) in [6.45, 7) is 1.45. The van der Waals surface area contributed by atoms with Crippen molar-refractivity contribution in [2.75, 3.05) is 32.6 Å². The molecule has 2 aromatic rings. The van der Waals surface area contributed by atoms with Crippen molar-refractivity contribution in [2.45, 2.75) is 12.8 Å². The van der Waals surface area contributed by atoms with Gasteiger partial charge in [-0.05, 0) is 37.2 Å². The van der Waals surface area contributed by atoms with Gasteiger partial charge in [0.25, 0.3) is 5.69 Å². The molecule has 0 unspecified atom stereocenters. The summed E-state index contributed by atoms with van der Waals surface area (Å²) in [6, 6.07) is 12.3. The molecule has 144 valence electrons. The van der Waals surface area contributed by atoms with Crippen LogP contribution in [0.25, 0.3) is 0 Å². The molecular formula is C19H22BrN3O4. The molecule has 8 heteroatoms. The first-order valence-corrected chi connectivity index (χ1v) is 9.23. The lowest BCUT2D eigenvalue weighted by Crippen LogP contribution is -2.26. The minimum atomic E-state index is -0.505. The Kier molecular flexibility index (Phi) is 7.75. The van der Waals surface area contributed by atoms with E-state index in [0.29, 0.717) is 18.7 Å². The summed E-state index contributed by atoms with van der Waals surface area (Å²) in [4.78, 5) is 24.6. The molecule has 2 rings (SSSR count). The molecule has 0 spiro atoms. The lowest BCUT2D eigenvalue weighted by Gasteiger charge is -2.16. The van der Waals surface area contributed by atoms with Crippen molar-refractivity contribution in [3.63, 3.8) is 0 Å². The van der Waals surface area contributed by atoms with Crippen molar-refractivity contribution < 1.29 is 14.5 Å². The number of amides is 1. The highest BCUT2D eigenvalue weighted by Gasteiger charge is 2.13. The lowest BCUT2D eigenvalue weighted by molar-refractivity contribution is -0.384. The van der Waals surface area contributed by atoms with E-state index in [1.165, 1.54) is 30.9 Å². The summed E-state index contributed by atoms with van der Waals surface area (Å²) in [5.41, 5.74) is 1.58. The molecule has 0 heterocycles. The van der Waals surface area contributed by atoms with Crippen molar-refractivity contribution in [1.82, 2.24) is 4.90 Å². The Balaban J connectivity index is 1.81. The van der Waals surface area contributed by atoms with Gasteiger partial charge in [0.1, 0.15) is 5.75 Å². The molecule has 1 amide bonds. The van der Waals surface area contributed by atoms with Crippen LogP contribution in [0.15, 0.2) is 46.9 Å². The van der Waals surface area contributed by atoms with Crippen LogP contribution in [0.4, 0.5) is 11.4 Å². The van der Waals surface area contributed by atoms with Crippen LogP contribution < -0.4 is 10.1 Å². The molecule has 27 heavy (non-hydrogen) atoms. The van der Waals surface area contributed by atoms with Crippen molar-refractivity contribution in [2.24, 2.45) is 0 Å². The van der Waals surface area contributed by atoms with E-state index in [1.807, 2.05) is 19.2 Å². The van der Waals surface area contributed by atoms with Gasteiger partial charge in [-0.1, -0.05) is 28.1 Å². The first-order chi connectivity index (χ1) is 12.9. The zero-order valence-electron chi connectivity index (χ0n) is 15.3. The number of halogens is 1. The third kappa shape index (κ3) is 6.65. The summed E-state index contributed by atoms with van der Waals surface area (Å²) in [5.74, 6) is 0.0961. The fraction of sp³-hybridized carbons (Fsp3) is 0.316. The van der Waals surface area contributed by atoms with Gasteiger partial charge < -0.3 is 15.0 Å². The number of carbonyl (C=O) groups excluding carboxylic acids is 1. The van der Waals surface area contributed by atoms with Crippen LogP contribution >= 0.6 is 15.9 Å². The minimum absolute atomic E-state index is 0.0856. The average molecular weight is 436 g/mol. The molecule has 1 N–H and O–H groups in total. The number of ether oxygens (including phenoxy) is 1. The Morgan fingerprint density at radius 3 is 2.56 bits per heavy atom. The van der Waals surface area contributed by atoms with E-state index in [2.05, 4.69) is 38.3 Å². The highest BCUT2D eigenvalue weighted by atomic mass is 79.9. The number of nitrogens with one attached hydrogen (secondary N) is 1. The lowest BCUT2D eigenvalue weighted by atomic mass is 10.1. The molecule has 0 aliphatic carbocycles. The van der Waals surface area contributed by atoms with E-state index in [4.69, 9.17) is 4.74 Å². The molecular weight excluding hydrogens is 414 g/mol. The number of carbonyl (C=O) groups is 1. The normalized spacial score (nSPS) is 10.7. The van der Waals surface area contributed by atoms with E-state index in [1.54, 1.807) is 0 Å². The number of hydrogen-bond acceptors (Lipinski definition) is 5. The summed E-state index contributed by atoms with van der Waals surface area (Å²) in [5, 5.41) is 13.6. The minimum Gasteiger partial charge on any atom is -0.494 e. The average Bonchev–Trinajstić information content (AvgIpc) is 2.66. The first kappa shape index (κ1) is 20.9. The van der Waals surface area contributed by atoms with Crippen LogP contribution in [0.1, 0.15) is 12.0 Å². The van der Waals surface area contributed by atoms with Gasteiger partial charge in [0, 0.05) is 30.0 Å². The van der Waals surface area contributed by atoms with E-state index in [0.717, 1.165) is 17.4 Å². The second-order valence-corrected chi connectivity index (χ2v) is 7.04. The van der Waals surface area contributed by atoms with Crippen LogP contribution in [0.3, 0.4) is 0 Å². The van der Waals surface area contributed by atoms with Gasteiger partial charge in [-0.2, -0.15) is 0 Å². The summed E-state index contributed by atoms with van der Waals surface area (Å²) in [6.07, 6.45) is 1.22. The molecule has 0 fully saturated rings. The largest absolute Gasteiger partial charge is 0.494 e. The van der Waals surface area contributed by atoms with Crippen LogP contribution in [0.5, 0.6) is 5.75 Å². The van der Waals surface area contributed by atoms with Crippen molar-refractivity contribution in [3.05, 3.63) is 62.6 Å². The number of likely N-dealkylation sites (N-methyl/N-ethyl adjacent to an activating group) is 1. The van der Waals surface area contributed by atoms with Crippen molar-refractivity contribution in [3.8, 4) is 5.75 Å². The maximum Gasteiger partial charge on any atom is 0.273 e. The van der Waals surface area contributed by atoms with Gasteiger partial charge in [-0.15, -0.1) is 0 Å². The smallest absolute Gasteiger partial charge is 0.273 e. The topological polar surface area (TPSA) is 84.7 Å². The Morgan fingerprint density at radius 1 is 1.22 bits per heavy atom. The third-order valence-electron chi connectivity index (χ3n) is 4.09. The Labute approximate surface area is 166 Å². The van der Waals surface area contributed by atoms with E-state index >= 15 is 0 Å². The molecule has 0 bridgehead atoms. The van der Waals surface area contributed by atoms with Gasteiger partial charge in [0.15, 0.2) is 0 Å². The molecule has 0 aromatic heterocycles. The summed E-state index contributed by atoms with van der Waals surface area (Å²) >= 11 is 3.42. The fourth-order valence-electron chi connectivity index (χ4n) is 2.48. The number of methoxy groups -OCH3 is 1. The first-order valence-electron chi connectivity index (χ1n) is 8.44. The zero-order chi connectivity index (χ0) is 19.8. The predicted octanol–water partition coefficient (Wildman–Crippen LogP) is 3.87. The van der Waals surface area contributed by atoms with E-state index in [-0.39, 0.29) is 17.3 Å². The Bertz CT molecular complexity index is 796. The molecule has 0 aliphatic rings. The summed E-state index contributed by atoms with van der Waals surface area (Å²) < 4.78 is 6.18. The maximum atomic E-state index is 12.2. The van der Waals surface area contributed by atoms with Crippen molar-refractivity contribution in [1.29, 1.82) is 0 Å². The molecule has 2 aromatic carbocycles. The second kappa shape index (κ2) is 10.0. The predicted molar refractivity (Wildman–Crippen MR) is 108 cm³/mol. The number of nitro benzene ring substituents is 1. The van der Waals surface area contributed by atoms with Gasteiger partial charge >= 0.3 is 0 Å². The van der Waals surface area contributed by atoms with Gasteiger partial charge in [-0.3, -0.25) is 14.9 Å². The molecule has 7 nitrogen and oxygen atoms in total. The quantitative estimate of drug-likeness (QED) is 0.477. The van der Waals surface area contributed by atoms with E-state index in [9.17, 15) is 14.9 Å². The molecule has 0 atom stereocenters. The highest BCUT2D eigenvalue weighted by Crippen LogP contribution is 2.29. The van der Waals surface area contributed by atoms with E-state index < -0.39 is 4.92 Å². The molecule has 0 saturated heterocycles. The van der Waals surface area contributed by atoms with Gasteiger partial charge in [0.05, 0.1) is 23.8 Å². The van der Waals surface area contributed by atoms with Crippen LogP contribution in [-0.2, 0) is 11.2 Å². The Morgan fingerprint density at radius 2 is 1.93 bits per heavy atom. The maximum absolute atomic E-state index is 12.2. The number of anilines is 1. The fourth-order valence-corrected chi connectivity index (χ4v) is 2.75. The second-order valence-electron chi connectivity index (χ2n) is 6.12. The monoisotopic (exact) mass is 435 g/mol. The Hall–Kier alpha value is -2.45. The highest BCUT2D eigenvalue weighted by molar-refractivity contribution is 9.10. The summed E-state index contributed by atoms with van der Waals surface area (Å²) in [7, 11) is 3.38. The SMILES string of the molecule is COc1cc([N+](=O)[O-])ccc1NC(=O)CCN(C)CCc1ccc(Br)cc1. The zero-order valence-corrected chi connectivity index (χ0v) is 16.9. The number of hydrogen-bond donors (Lipinski definition) is 1. The number of nitro groups is 1. The number of rotatable bonds is 9. The number of nitrogens with zero attached hydrogens (tertiary/aromatic N) is 2. The van der Waals surface area contributed by atoms with Crippen LogP contribution in [0.2, 0.25) is 0 Å². The third-order valence-corrected chi connectivity index (χ3v) is 4.61. The van der Waals surface area contributed by atoms with Crippen LogP contribution in [-0.4, -0.2) is 43.0 Å². The molecule has 0 aliphatic heterocycles. The molecule has 0 radical (unpaired) electrons. The van der Waals surface area contributed by atoms with Crippen molar-refractivity contribution >= 4 is 33.2 Å².